The molecule has 1 aliphatic heterocycles. The van der Waals surface area contributed by atoms with Gasteiger partial charge in [0, 0.05) is 30.6 Å². The predicted octanol–water partition coefficient (Wildman–Crippen LogP) is 4.47. The minimum absolute atomic E-state index is 0.0632. The second kappa shape index (κ2) is 9.34. The zero-order valence-electron chi connectivity index (χ0n) is 18.5. The third-order valence-corrected chi connectivity index (χ3v) is 6.93. The summed E-state index contributed by atoms with van der Waals surface area (Å²) in [4.78, 5) is 19.5. The Balaban J connectivity index is 1.62. The number of nitrogens with one attached hydrogen (secondary N) is 1. The van der Waals surface area contributed by atoms with E-state index in [9.17, 15) is 18.3 Å². The molecule has 0 aromatic carbocycles. The summed E-state index contributed by atoms with van der Waals surface area (Å²) in [7, 11) is 0. The zero-order valence-corrected chi connectivity index (χ0v) is 19.4. The molecule has 2 N–H and O–H groups in total. The van der Waals surface area contributed by atoms with E-state index in [1.165, 1.54) is 19.2 Å². The molecule has 3 aromatic heterocycles. The second-order valence-electron chi connectivity index (χ2n) is 8.08. The summed E-state index contributed by atoms with van der Waals surface area (Å²) in [5.74, 6) is 1.35. The monoisotopic (exact) mass is 481 g/mol. The van der Waals surface area contributed by atoms with Crippen LogP contribution in [0.2, 0.25) is 0 Å². The van der Waals surface area contributed by atoms with Crippen LogP contribution in [-0.4, -0.2) is 60.4 Å². The number of halogens is 3. The van der Waals surface area contributed by atoms with Crippen LogP contribution in [0.1, 0.15) is 44.7 Å². The maximum absolute atomic E-state index is 13.5. The first kappa shape index (κ1) is 23.6. The maximum atomic E-state index is 13.5. The Morgan fingerprint density at radius 2 is 1.88 bits per heavy atom. The van der Waals surface area contributed by atoms with Gasteiger partial charge in [-0.05, 0) is 39.0 Å². The number of imidazole rings is 1. The lowest BCUT2D eigenvalue weighted by Crippen LogP contribution is -2.35. The number of aliphatic hydroxyl groups is 1. The Hall–Kier alpha value is -2.60. The third kappa shape index (κ3) is 5.01. The van der Waals surface area contributed by atoms with Crippen LogP contribution >= 0.6 is 11.8 Å². The summed E-state index contributed by atoms with van der Waals surface area (Å²) in [5.41, 5.74) is 0.495. The van der Waals surface area contributed by atoms with Gasteiger partial charge >= 0.3 is 6.18 Å². The minimum Gasteiger partial charge on any atom is -0.385 e. The van der Waals surface area contributed by atoms with Crippen molar-refractivity contribution in [2.24, 2.45) is 0 Å². The van der Waals surface area contributed by atoms with Gasteiger partial charge < -0.3 is 19.9 Å². The van der Waals surface area contributed by atoms with E-state index in [1.54, 1.807) is 12.3 Å². The molecule has 4 rings (SSSR count). The SMILES string of the molecule is CSC1CCN(c2nccc(Nc3cc4c(cn3)nc([C@@H](C)O)n4[C@@H](C)C(F)(F)F)n2)CC1. The molecule has 3 aromatic rings. The third-order valence-electron chi connectivity index (χ3n) is 5.79. The van der Waals surface area contributed by atoms with Crippen molar-refractivity contribution in [3.05, 3.63) is 30.4 Å². The van der Waals surface area contributed by atoms with Gasteiger partial charge in [0.2, 0.25) is 5.95 Å². The number of pyridine rings is 1. The van der Waals surface area contributed by atoms with Gasteiger partial charge in [0.05, 0.1) is 11.7 Å². The molecule has 0 bridgehead atoms. The van der Waals surface area contributed by atoms with Gasteiger partial charge in [-0.2, -0.15) is 29.9 Å². The van der Waals surface area contributed by atoms with Gasteiger partial charge in [-0.3, -0.25) is 0 Å². The molecule has 0 amide bonds. The number of nitrogens with zero attached hydrogens (tertiary/aromatic N) is 6. The van der Waals surface area contributed by atoms with E-state index in [0.717, 1.165) is 37.4 Å². The molecule has 1 aliphatic rings. The summed E-state index contributed by atoms with van der Waals surface area (Å²) in [6.07, 6.45) is 1.61. The first-order chi connectivity index (χ1) is 15.7. The summed E-state index contributed by atoms with van der Waals surface area (Å²) < 4.78 is 41.6. The van der Waals surface area contributed by atoms with Crippen molar-refractivity contribution in [1.29, 1.82) is 0 Å². The fourth-order valence-electron chi connectivity index (χ4n) is 3.93. The second-order valence-corrected chi connectivity index (χ2v) is 9.22. The van der Waals surface area contributed by atoms with Crippen molar-refractivity contribution in [3.8, 4) is 0 Å². The van der Waals surface area contributed by atoms with Crippen LogP contribution in [0.25, 0.3) is 11.0 Å². The highest BCUT2D eigenvalue weighted by Gasteiger charge is 2.40. The zero-order chi connectivity index (χ0) is 23.8. The smallest absolute Gasteiger partial charge is 0.385 e. The lowest BCUT2D eigenvalue weighted by molar-refractivity contribution is -0.163. The van der Waals surface area contributed by atoms with Gasteiger partial charge in [0.25, 0.3) is 0 Å². The maximum Gasteiger partial charge on any atom is 0.408 e. The van der Waals surface area contributed by atoms with Crippen molar-refractivity contribution < 1.29 is 18.3 Å². The highest BCUT2D eigenvalue weighted by Crippen LogP contribution is 2.36. The molecule has 4 heterocycles. The normalized spacial score (nSPS) is 17.4. The van der Waals surface area contributed by atoms with Crippen LogP contribution in [0, 0.1) is 0 Å². The molecule has 8 nitrogen and oxygen atoms in total. The van der Waals surface area contributed by atoms with Crippen molar-refractivity contribution >= 4 is 40.4 Å². The molecule has 0 saturated carbocycles. The molecular formula is C21H26F3N7OS. The fourth-order valence-corrected chi connectivity index (χ4v) is 4.61. The molecule has 0 radical (unpaired) electrons. The lowest BCUT2D eigenvalue weighted by Gasteiger charge is -2.31. The number of aromatic nitrogens is 5. The van der Waals surface area contributed by atoms with Crippen molar-refractivity contribution in [2.45, 2.75) is 50.3 Å². The number of aliphatic hydroxyl groups excluding tert-OH is 1. The van der Waals surface area contributed by atoms with E-state index >= 15 is 0 Å². The Labute approximate surface area is 193 Å². The van der Waals surface area contributed by atoms with E-state index in [-0.39, 0.29) is 16.9 Å². The number of rotatable bonds is 6. The first-order valence-corrected chi connectivity index (χ1v) is 12.0. The molecule has 0 spiro atoms. The number of hydrogen-bond acceptors (Lipinski definition) is 8. The van der Waals surface area contributed by atoms with Gasteiger partial charge in [-0.15, -0.1) is 0 Å². The Bertz CT molecular complexity index is 1110. The molecule has 2 atom stereocenters. The summed E-state index contributed by atoms with van der Waals surface area (Å²) in [5, 5.41) is 13.7. The number of piperidine rings is 1. The van der Waals surface area contributed by atoms with E-state index < -0.39 is 18.3 Å². The molecule has 0 unspecified atom stereocenters. The topological polar surface area (TPSA) is 92.0 Å². The molecular weight excluding hydrogens is 455 g/mol. The minimum atomic E-state index is -4.50. The number of hydrogen-bond donors (Lipinski definition) is 2. The van der Waals surface area contributed by atoms with Crippen molar-refractivity contribution in [2.75, 3.05) is 29.6 Å². The van der Waals surface area contributed by atoms with Gasteiger partial charge in [0.1, 0.15) is 35.1 Å². The van der Waals surface area contributed by atoms with Crippen LogP contribution in [0.4, 0.5) is 30.8 Å². The van der Waals surface area contributed by atoms with Crippen molar-refractivity contribution in [3.63, 3.8) is 0 Å². The largest absolute Gasteiger partial charge is 0.408 e. The standard InChI is InChI=1S/C21H26F3N7OS/c1-12(32)19-27-15-11-26-18(10-16(15)31(19)13(2)21(22,23)24)28-17-4-7-25-20(29-17)30-8-5-14(33-3)6-9-30/h4,7,10-14,32H,5-6,8-9H2,1-3H3,(H,25,26,28,29)/t12-,13+/m1/s1. The molecule has 1 fully saturated rings. The van der Waals surface area contributed by atoms with Crippen LogP contribution < -0.4 is 10.2 Å². The summed E-state index contributed by atoms with van der Waals surface area (Å²) in [6.45, 7) is 4.17. The van der Waals surface area contributed by atoms with Crippen LogP contribution in [0.3, 0.4) is 0 Å². The fraction of sp³-hybridized carbons (Fsp3) is 0.524. The van der Waals surface area contributed by atoms with Crippen LogP contribution in [0.15, 0.2) is 24.5 Å². The van der Waals surface area contributed by atoms with Gasteiger partial charge in [-0.1, -0.05) is 0 Å². The highest BCUT2D eigenvalue weighted by molar-refractivity contribution is 7.99. The summed E-state index contributed by atoms with van der Waals surface area (Å²) in [6, 6.07) is 1.31. The van der Waals surface area contributed by atoms with Crippen LogP contribution in [0.5, 0.6) is 0 Å². The van der Waals surface area contributed by atoms with Gasteiger partial charge in [-0.25, -0.2) is 15.0 Å². The molecule has 1 saturated heterocycles. The van der Waals surface area contributed by atoms with E-state index in [0.29, 0.717) is 22.8 Å². The number of alkyl halides is 3. The Morgan fingerprint density at radius 3 is 2.52 bits per heavy atom. The number of fused-ring (bicyclic) bond motifs is 1. The highest BCUT2D eigenvalue weighted by atomic mass is 32.2. The summed E-state index contributed by atoms with van der Waals surface area (Å²) >= 11 is 1.88. The van der Waals surface area contributed by atoms with E-state index in [4.69, 9.17) is 0 Å². The van der Waals surface area contributed by atoms with E-state index in [1.807, 2.05) is 11.8 Å². The van der Waals surface area contributed by atoms with E-state index in [2.05, 4.69) is 36.4 Å². The number of thioether (sulfide) groups is 1. The molecule has 33 heavy (non-hydrogen) atoms. The average Bonchev–Trinajstić information content (AvgIpc) is 3.17. The van der Waals surface area contributed by atoms with Crippen LogP contribution in [-0.2, 0) is 0 Å². The lowest BCUT2D eigenvalue weighted by atomic mass is 10.1. The molecule has 12 heteroatoms. The quantitative estimate of drug-likeness (QED) is 0.533. The van der Waals surface area contributed by atoms with Crippen molar-refractivity contribution in [1.82, 2.24) is 24.5 Å². The number of anilines is 3. The molecule has 0 aliphatic carbocycles. The Kier molecular flexibility index (Phi) is 6.66. The molecule has 178 valence electrons. The first-order valence-electron chi connectivity index (χ1n) is 10.7. The van der Waals surface area contributed by atoms with Gasteiger partial charge in [0.15, 0.2) is 0 Å². The average molecular weight is 482 g/mol. The predicted molar refractivity (Wildman–Crippen MR) is 123 cm³/mol. The Morgan fingerprint density at radius 1 is 1.15 bits per heavy atom.